The van der Waals surface area contributed by atoms with Crippen molar-refractivity contribution in [1.29, 1.82) is 0 Å². The van der Waals surface area contributed by atoms with E-state index in [1.165, 1.54) is 42.2 Å². The first kappa shape index (κ1) is 30.7. The van der Waals surface area contributed by atoms with E-state index < -0.39 is 0 Å². The summed E-state index contributed by atoms with van der Waals surface area (Å²) in [6.45, 7) is 0. The number of hydrogen-bond acceptors (Lipinski definition) is 4. The third kappa shape index (κ3) is 5.03. The summed E-state index contributed by atoms with van der Waals surface area (Å²) in [7, 11) is 0. The molecule has 0 saturated carbocycles. The van der Waals surface area contributed by atoms with Crippen molar-refractivity contribution in [3.63, 3.8) is 0 Å². The van der Waals surface area contributed by atoms with Gasteiger partial charge < -0.3 is 4.42 Å². The van der Waals surface area contributed by atoms with Crippen molar-refractivity contribution in [2.24, 2.45) is 0 Å². The topological polar surface area (TPSA) is 38.9 Å². The number of benzene rings is 8. The summed E-state index contributed by atoms with van der Waals surface area (Å²) < 4.78 is 9.14. The summed E-state index contributed by atoms with van der Waals surface area (Å²) >= 11 is 1.82. The van der Waals surface area contributed by atoms with Crippen molar-refractivity contribution in [2.75, 3.05) is 0 Å². The summed E-state index contributed by atoms with van der Waals surface area (Å²) in [5.74, 6) is 0.671. The molecule has 3 heterocycles. The van der Waals surface area contributed by atoms with Crippen LogP contribution in [0.5, 0.6) is 0 Å². The molecule has 54 heavy (non-hydrogen) atoms. The fraction of sp³-hybridized carbons (Fsp3) is 0. The van der Waals surface area contributed by atoms with E-state index in [4.69, 9.17) is 14.4 Å². The van der Waals surface area contributed by atoms with Gasteiger partial charge in [-0.1, -0.05) is 133 Å². The highest BCUT2D eigenvalue weighted by Crippen LogP contribution is 2.43. The predicted octanol–water partition coefficient (Wildman–Crippen LogP) is 14.2. The lowest BCUT2D eigenvalue weighted by Crippen LogP contribution is -1.96. The van der Waals surface area contributed by atoms with Crippen molar-refractivity contribution in [3.05, 3.63) is 182 Å². The van der Waals surface area contributed by atoms with Crippen molar-refractivity contribution in [2.45, 2.75) is 0 Å². The smallest absolute Gasteiger partial charge is 0.160 e. The molecule has 0 aliphatic carbocycles. The van der Waals surface area contributed by atoms with Gasteiger partial charge in [-0.2, -0.15) is 0 Å². The zero-order chi connectivity index (χ0) is 35.6. The van der Waals surface area contributed by atoms with Gasteiger partial charge >= 0.3 is 0 Å². The molecule has 0 fully saturated rings. The Labute approximate surface area is 315 Å². The molecule has 0 aliphatic rings. The largest absolute Gasteiger partial charge is 0.455 e. The van der Waals surface area contributed by atoms with Crippen LogP contribution in [0.15, 0.2) is 186 Å². The predicted molar refractivity (Wildman–Crippen MR) is 227 cm³/mol. The Balaban J connectivity index is 1.15. The summed E-state index contributed by atoms with van der Waals surface area (Å²) in [5.41, 5.74) is 11.2. The van der Waals surface area contributed by atoms with E-state index in [1.807, 2.05) is 11.3 Å². The summed E-state index contributed by atoms with van der Waals surface area (Å²) in [5, 5.41) is 6.85. The van der Waals surface area contributed by atoms with E-state index in [0.717, 1.165) is 61.0 Å². The molecule has 8 aromatic carbocycles. The Morgan fingerprint density at radius 2 is 1.04 bits per heavy atom. The summed E-state index contributed by atoms with van der Waals surface area (Å²) in [6, 6.07) is 64.3. The maximum Gasteiger partial charge on any atom is 0.160 e. The molecule has 0 amide bonds. The van der Waals surface area contributed by atoms with Crippen LogP contribution >= 0.6 is 11.3 Å². The van der Waals surface area contributed by atoms with Gasteiger partial charge in [0.1, 0.15) is 11.2 Å². The van der Waals surface area contributed by atoms with E-state index in [0.29, 0.717) is 5.82 Å². The third-order valence-electron chi connectivity index (χ3n) is 10.5. The highest BCUT2D eigenvalue weighted by atomic mass is 32.1. The van der Waals surface area contributed by atoms with Crippen molar-refractivity contribution >= 4 is 64.2 Å². The van der Waals surface area contributed by atoms with Crippen LogP contribution in [0.25, 0.3) is 109 Å². The third-order valence-corrected chi connectivity index (χ3v) is 11.6. The molecule has 0 spiro atoms. The molecular weight excluding hydrogens is 677 g/mol. The zero-order valence-corrected chi connectivity index (χ0v) is 29.8. The Morgan fingerprint density at radius 3 is 1.89 bits per heavy atom. The number of hydrogen-bond donors (Lipinski definition) is 0. The van der Waals surface area contributed by atoms with Gasteiger partial charge in [-0.15, -0.1) is 11.3 Å². The van der Waals surface area contributed by atoms with E-state index in [1.54, 1.807) is 0 Å². The van der Waals surface area contributed by atoms with Gasteiger partial charge in [-0.3, -0.25) is 0 Å². The van der Waals surface area contributed by atoms with Gasteiger partial charge in [0, 0.05) is 53.0 Å². The van der Waals surface area contributed by atoms with Crippen LogP contribution < -0.4 is 0 Å². The lowest BCUT2D eigenvalue weighted by atomic mass is 9.95. The minimum absolute atomic E-state index is 0.671. The van der Waals surface area contributed by atoms with E-state index in [2.05, 4.69) is 182 Å². The van der Waals surface area contributed by atoms with Gasteiger partial charge in [0.25, 0.3) is 0 Å². The molecule has 11 aromatic rings. The lowest BCUT2D eigenvalue weighted by molar-refractivity contribution is 0.672. The maximum absolute atomic E-state index is 6.63. The monoisotopic (exact) mass is 706 g/mol. The van der Waals surface area contributed by atoms with Gasteiger partial charge in [0.2, 0.25) is 0 Å². The van der Waals surface area contributed by atoms with E-state index in [-0.39, 0.29) is 0 Å². The minimum Gasteiger partial charge on any atom is -0.455 e. The van der Waals surface area contributed by atoms with Gasteiger partial charge in [-0.05, 0) is 76.2 Å². The normalized spacial score (nSPS) is 11.7. The second-order valence-corrected chi connectivity index (χ2v) is 14.8. The van der Waals surface area contributed by atoms with E-state index in [9.17, 15) is 0 Å². The van der Waals surface area contributed by atoms with E-state index >= 15 is 0 Å². The molecule has 0 radical (unpaired) electrons. The molecule has 0 saturated heterocycles. The van der Waals surface area contributed by atoms with Crippen LogP contribution in [-0.2, 0) is 0 Å². The summed E-state index contributed by atoms with van der Waals surface area (Å²) in [4.78, 5) is 10.7. The fourth-order valence-electron chi connectivity index (χ4n) is 7.93. The number of furan rings is 1. The Morgan fingerprint density at radius 1 is 0.370 bits per heavy atom. The highest BCUT2D eigenvalue weighted by molar-refractivity contribution is 7.25. The average Bonchev–Trinajstić information content (AvgIpc) is 3.82. The number of thiophene rings is 1. The van der Waals surface area contributed by atoms with Crippen molar-refractivity contribution in [3.8, 4) is 56.2 Å². The number of nitrogens with zero attached hydrogens (tertiary/aromatic N) is 2. The number of aromatic nitrogens is 2. The Hall–Kier alpha value is -6.88. The molecule has 0 atom stereocenters. The summed E-state index contributed by atoms with van der Waals surface area (Å²) in [6.07, 6.45) is 0. The zero-order valence-electron chi connectivity index (χ0n) is 29.0. The second-order valence-electron chi connectivity index (χ2n) is 13.7. The molecule has 3 aromatic heterocycles. The number of fused-ring (bicyclic) bond motifs is 8. The maximum atomic E-state index is 6.63. The van der Waals surface area contributed by atoms with Gasteiger partial charge in [0.05, 0.1) is 11.4 Å². The first-order chi connectivity index (χ1) is 26.7. The molecule has 252 valence electrons. The molecule has 4 heteroatoms. The standard InChI is InChI=1S/C50H30N2OS/c1-3-13-31(14-4-1)33-17-11-18-34(27-33)43-30-44(38-22-12-24-47-48(38)39-21-9-10-23-46(39)54-47)52-50(51-43)35-25-26-45-41(28-35)42-29-40(32-15-5-2-6-16-32)36-19-7-8-20-37(36)49(42)53-45/h1-30H. The number of rotatable bonds is 5. The van der Waals surface area contributed by atoms with Crippen LogP contribution in [-0.4, -0.2) is 9.97 Å². The Kier molecular flexibility index (Phi) is 7.04. The molecule has 0 unspecified atom stereocenters. The van der Waals surface area contributed by atoms with Crippen molar-refractivity contribution < 1.29 is 4.42 Å². The highest BCUT2D eigenvalue weighted by Gasteiger charge is 2.19. The minimum atomic E-state index is 0.671. The molecule has 0 N–H and O–H groups in total. The van der Waals surface area contributed by atoms with Crippen LogP contribution in [0.4, 0.5) is 0 Å². The quantitative estimate of drug-likeness (QED) is 0.179. The van der Waals surface area contributed by atoms with Crippen LogP contribution in [0, 0.1) is 0 Å². The molecule has 11 rings (SSSR count). The van der Waals surface area contributed by atoms with Crippen molar-refractivity contribution in [1.82, 2.24) is 9.97 Å². The lowest BCUT2D eigenvalue weighted by Gasteiger charge is -2.12. The fourth-order valence-corrected chi connectivity index (χ4v) is 9.06. The van der Waals surface area contributed by atoms with Crippen LogP contribution in [0.2, 0.25) is 0 Å². The first-order valence-corrected chi connectivity index (χ1v) is 19.0. The van der Waals surface area contributed by atoms with Gasteiger partial charge in [0.15, 0.2) is 5.82 Å². The first-order valence-electron chi connectivity index (χ1n) is 18.1. The van der Waals surface area contributed by atoms with Crippen LogP contribution in [0.3, 0.4) is 0 Å². The molecule has 0 bridgehead atoms. The molecule has 0 aliphatic heterocycles. The van der Waals surface area contributed by atoms with Crippen LogP contribution in [0.1, 0.15) is 0 Å². The SMILES string of the molecule is c1ccc(-c2cccc(-c3cc(-c4cccc5sc6ccccc6c45)nc(-c4ccc5oc6c7ccccc7c(-c7ccccc7)cc6c5c4)n3)c2)cc1. The molecular formula is C50H30N2OS. The Bertz CT molecular complexity index is 3220. The average molecular weight is 707 g/mol. The second kappa shape index (κ2) is 12.4. The van der Waals surface area contributed by atoms with Gasteiger partial charge in [-0.25, -0.2) is 9.97 Å². The molecule has 3 nitrogen and oxygen atoms in total.